The maximum Gasteiger partial charge on any atom is 0.327 e. The molecule has 0 saturated heterocycles. The number of nitrogens with zero attached hydrogens (tertiary/aromatic N) is 1. The van der Waals surface area contributed by atoms with Crippen LogP contribution in [0.15, 0.2) is 72.8 Å². The van der Waals surface area contributed by atoms with Crippen LogP contribution in [0.3, 0.4) is 0 Å². The maximum atomic E-state index is 12.4. The van der Waals surface area contributed by atoms with Gasteiger partial charge in [0.1, 0.15) is 12.6 Å². The lowest BCUT2D eigenvalue weighted by Gasteiger charge is -2.24. The van der Waals surface area contributed by atoms with Crippen LogP contribution in [0, 0.1) is 0 Å². The molecule has 0 saturated carbocycles. The minimum Gasteiger partial charge on any atom is -0.460 e. The van der Waals surface area contributed by atoms with E-state index in [4.69, 9.17) is 20.8 Å². The molecule has 7 heteroatoms. The van der Waals surface area contributed by atoms with E-state index in [-0.39, 0.29) is 6.61 Å². The first-order chi connectivity index (χ1) is 13.1. The first-order valence-electron chi connectivity index (χ1n) is 8.41. The highest BCUT2D eigenvalue weighted by molar-refractivity contribution is 7.71. The highest BCUT2D eigenvalue weighted by atomic mass is 35.7. The second kappa shape index (κ2) is 9.05. The molecule has 0 heterocycles. The standard InChI is InChI=1S/C20H19ClNO4P/c1-15(20(23)25-14-16-8-3-2-4-9-16)22(27(21)24)26-19-13-7-11-17-10-5-6-12-18(17)19/h2-13,15,27H,14H2,1H3. The van der Waals surface area contributed by atoms with Gasteiger partial charge in [-0.2, -0.15) is 0 Å². The zero-order valence-corrected chi connectivity index (χ0v) is 16.4. The number of hydroxylamine groups is 1. The summed E-state index contributed by atoms with van der Waals surface area (Å²) in [4.78, 5) is 19.1. The number of fused-ring (bicyclic) bond motifs is 1. The van der Waals surface area contributed by atoms with Crippen LogP contribution in [0.2, 0.25) is 0 Å². The summed E-state index contributed by atoms with van der Waals surface area (Å²) < 4.78 is 17.4. The van der Waals surface area contributed by atoms with Gasteiger partial charge in [-0.3, -0.25) is 9.36 Å². The zero-order chi connectivity index (χ0) is 19.2. The molecule has 2 atom stereocenters. The number of carbonyl (C=O) groups excluding carboxylic acids is 1. The van der Waals surface area contributed by atoms with E-state index in [9.17, 15) is 9.36 Å². The van der Waals surface area contributed by atoms with Crippen molar-refractivity contribution in [2.24, 2.45) is 0 Å². The van der Waals surface area contributed by atoms with Crippen molar-refractivity contribution >= 4 is 35.3 Å². The first-order valence-corrected chi connectivity index (χ1v) is 10.8. The zero-order valence-electron chi connectivity index (χ0n) is 14.7. The quantitative estimate of drug-likeness (QED) is 0.308. The minimum absolute atomic E-state index is 0.120. The normalized spacial score (nSPS) is 13.3. The molecule has 27 heavy (non-hydrogen) atoms. The van der Waals surface area contributed by atoms with Crippen LogP contribution in [0.5, 0.6) is 5.75 Å². The molecule has 3 aromatic rings. The number of benzene rings is 3. The van der Waals surface area contributed by atoms with Gasteiger partial charge in [-0.1, -0.05) is 71.6 Å². The summed E-state index contributed by atoms with van der Waals surface area (Å²) in [5.74, 6) is -0.104. The topological polar surface area (TPSA) is 55.8 Å². The molecule has 0 spiro atoms. The third kappa shape index (κ3) is 4.89. The number of ether oxygens (including phenoxy) is 1. The smallest absolute Gasteiger partial charge is 0.327 e. The molecular formula is C20H19ClNO4P. The third-order valence-electron chi connectivity index (χ3n) is 4.04. The number of rotatable bonds is 7. The molecule has 0 fully saturated rings. The Balaban J connectivity index is 1.74. The van der Waals surface area contributed by atoms with Gasteiger partial charge in [0.15, 0.2) is 5.75 Å². The van der Waals surface area contributed by atoms with Crippen LogP contribution in [-0.4, -0.2) is 16.8 Å². The van der Waals surface area contributed by atoms with E-state index in [2.05, 4.69) is 0 Å². The molecule has 0 N–H and O–H groups in total. The van der Waals surface area contributed by atoms with E-state index in [1.54, 1.807) is 13.0 Å². The molecule has 0 amide bonds. The molecule has 0 radical (unpaired) electrons. The average molecular weight is 404 g/mol. The summed E-state index contributed by atoms with van der Waals surface area (Å²) in [7, 11) is -2.83. The fourth-order valence-electron chi connectivity index (χ4n) is 2.59. The largest absolute Gasteiger partial charge is 0.460 e. The molecule has 3 aromatic carbocycles. The van der Waals surface area contributed by atoms with E-state index in [1.807, 2.05) is 66.7 Å². The van der Waals surface area contributed by atoms with Crippen LogP contribution in [0.25, 0.3) is 10.8 Å². The Kier molecular flexibility index (Phi) is 6.51. The predicted molar refractivity (Wildman–Crippen MR) is 107 cm³/mol. The lowest BCUT2D eigenvalue weighted by atomic mass is 10.1. The number of carbonyl (C=O) groups is 1. The molecule has 2 unspecified atom stereocenters. The van der Waals surface area contributed by atoms with Crippen LogP contribution >= 0.6 is 18.5 Å². The van der Waals surface area contributed by atoms with Crippen molar-refractivity contribution < 1.29 is 18.9 Å². The summed E-state index contributed by atoms with van der Waals surface area (Å²) in [5.41, 5.74) is 0.859. The van der Waals surface area contributed by atoms with Crippen LogP contribution < -0.4 is 4.84 Å². The van der Waals surface area contributed by atoms with Gasteiger partial charge in [-0.05, 0) is 35.2 Å². The SMILES string of the molecule is CC(C(=O)OCc1ccccc1)N(Oc1cccc2ccccc12)[PH](=O)Cl. The summed E-state index contributed by atoms with van der Waals surface area (Å²) in [6.07, 6.45) is 0. The van der Waals surface area contributed by atoms with Gasteiger partial charge in [0.2, 0.25) is 0 Å². The Morgan fingerprint density at radius 2 is 1.70 bits per heavy atom. The highest BCUT2D eigenvalue weighted by Gasteiger charge is 2.29. The van der Waals surface area contributed by atoms with Gasteiger partial charge < -0.3 is 9.57 Å². The Bertz CT molecular complexity index is 946. The van der Waals surface area contributed by atoms with Gasteiger partial charge in [0, 0.05) is 5.39 Å². The van der Waals surface area contributed by atoms with E-state index >= 15 is 0 Å². The van der Waals surface area contributed by atoms with Crippen molar-refractivity contribution in [3.63, 3.8) is 0 Å². The number of halogens is 1. The van der Waals surface area contributed by atoms with E-state index in [1.165, 1.54) is 0 Å². The lowest BCUT2D eigenvalue weighted by Crippen LogP contribution is -2.37. The predicted octanol–water partition coefficient (Wildman–Crippen LogP) is 5.20. The first kappa shape index (κ1) is 19.4. The molecule has 140 valence electrons. The van der Waals surface area contributed by atoms with Crippen LogP contribution in [-0.2, 0) is 20.7 Å². The summed E-state index contributed by atoms with van der Waals surface area (Å²) in [5, 5.41) is 1.79. The van der Waals surface area contributed by atoms with E-state index in [0.717, 1.165) is 21.2 Å². The molecule has 0 bridgehead atoms. The minimum atomic E-state index is -2.83. The summed E-state index contributed by atoms with van der Waals surface area (Å²) >= 11 is 5.84. The molecular weight excluding hydrogens is 385 g/mol. The Morgan fingerprint density at radius 3 is 2.44 bits per heavy atom. The second-order valence-electron chi connectivity index (χ2n) is 5.92. The van der Waals surface area contributed by atoms with Crippen molar-refractivity contribution in [2.75, 3.05) is 0 Å². The molecule has 5 nitrogen and oxygen atoms in total. The molecule has 0 aliphatic heterocycles. The maximum absolute atomic E-state index is 12.4. The Hall–Kier alpha value is -2.33. The van der Waals surface area contributed by atoms with E-state index < -0.39 is 19.3 Å². The molecule has 0 aromatic heterocycles. The highest BCUT2D eigenvalue weighted by Crippen LogP contribution is 2.37. The number of esters is 1. The average Bonchev–Trinajstić information content (AvgIpc) is 2.70. The van der Waals surface area contributed by atoms with Crippen molar-refractivity contribution in [3.05, 3.63) is 78.4 Å². The van der Waals surface area contributed by atoms with Gasteiger partial charge in [-0.15, -0.1) is 0 Å². The fraction of sp³-hybridized carbons (Fsp3) is 0.150. The van der Waals surface area contributed by atoms with Crippen LogP contribution in [0.4, 0.5) is 0 Å². The Labute approximate surface area is 163 Å². The van der Waals surface area contributed by atoms with Crippen molar-refractivity contribution in [3.8, 4) is 5.75 Å². The van der Waals surface area contributed by atoms with Crippen molar-refractivity contribution in [1.29, 1.82) is 0 Å². The molecule has 0 aliphatic rings. The van der Waals surface area contributed by atoms with Crippen molar-refractivity contribution in [2.45, 2.75) is 19.6 Å². The number of hydrogen-bond donors (Lipinski definition) is 0. The summed E-state index contributed by atoms with van der Waals surface area (Å²) in [6.45, 7) is 1.67. The van der Waals surface area contributed by atoms with Gasteiger partial charge in [0.05, 0.1) is 0 Å². The number of hydrogen-bond acceptors (Lipinski definition) is 4. The van der Waals surface area contributed by atoms with Crippen molar-refractivity contribution in [1.82, 2.24) is 4.83 Å². The van der Waals surface area contributed by atoms with Gasteiger partial charge >= 0.3 is 5.97 Å². The second-order valence-corrected chi connectivity index (χ2v) is 7.83. The Morgan fingerprint density at radius 1 is 1.04 bits per heavy atom. The van der Waals surface area contributed by atoms with Gasteiger partial charge in [-0.25, -0.2) is 0 Å². The van der Waals surface area contributed by atoms with Crippen LogP contribution in [0.1, 0.15) is 12.5 Å². The van der Waals surface area contributed by atoms with Gasteiger partial charge in [0.25, 0.3) is 7.30 Å². The third-order valence-corrected chi connectivity index (χ3v) is 5.36. The molecule has 3 rings (SSSR count). The lowest BCUT2D eigenvalue weighted by molar-refractivity contribution is -0.155. The van der Waals surface area contributed by atoms with E-state index in [0.29, 0.717) is 5.75 Å². The molecule has 0 aliphatic carbocycles. The summed E-state index contributed by atoms with van der Waals surface area (Å²) in [6, 6.07) is 21.5. The monoisotopic (exact) mass is 403 g/mol. The fourth-order valence-corrected chi connectivity index (χ4v) is 3.72.